The fourth-order valence-electron chi connectivity index (χ4n) is 4.18. The third-order valence-corrected chi connectivity index (χ3v) is 5.71. The number of hydrogen-bond donors (Lipinski definition) is 2. The Hall–Kier alpha value is -4.57. The number of pyridine rings is 4. The molecule has 0 bridgehead atoms. The molecular formula is C25H20FN9. The minimum Gasteiger partial charge on any atom is -0.336 e. The molecular weight excluding hydrogens is 445 g/mol. The Morgan fingerprint density at radius 2 is 1.77 bits per heavy atom. The van der Waals surface area contributed by atoms with E-state index >= 15 is 4.39 Å². The summed E-state index contributed by atoms with van der Waals surface area (Å²) in [5, 5.41) is 7.43. The largest absolute Gasteiger partial charge is 0.336 e. The van der Waals surface area contributed by atoms with Gasteiger partial charge in [0.1, 0.15) is 17.0 Å². The van der Waals surface area contributed by atoms with Crippen LogP contribution < -0.4 is 0 Å². The molecule has 6 rings (SSSR count). The van der Waals surface area contributed by atoms with Gasteiger partial charge in [-0.15, -0.1) is 0 Å². The van der Waals surface area contributed by atoms with Crippen molar-refractivity contribution in [1.82, 2.24) is 45.0 Å². The van der Waals surface area contributed by atoms with Gasteiger partial charge in [0.25, 0.3) is 0 Å². The van der Waals surface area contributed by atoms with E-state index in [1.165, 1.54) is 6.20 Å². The normalized spacial score (nSPS) is 11.7. The van der Waals surface area contributed by atoms with E-state index < -0.39 is 5.82 Å². The Labute approximate surface area is 199 Å². The van der Waals surface area contributed by atoms with Crippen LogP contribution >= 0.6 is 0 Å². The molecule has 6 heterocycles. The number of halogens is 1. The van der Waals surface area contributed by atoms with Crippen LogP contribution in [0.15, 0.2) is 61.4 Å². The number of fused-ring (bicyclic) bond motifs is 2. The summed E-state index contributed by atoms with van der Waals surface area (Å²) in [6.45, 7) is 0.696. The Bertz CT molecular complexity index is 1670. The van der Waals surface area contributed by atoms with Crippen LogP contribution in [0.25, 0.3) is 56.0 Å². The van der Waals surface area contributed by atoms with Crippen molar-refractivity contribution in [3.8, 4) is 33.9 Å². The van der Waals surface area contributed by atoms with Gasteiger partial charge < -0.3 is 9.88 Å². The Morgan fingerprint density at radius 1 is 0.914 bits per heavy atom. The molecule has 0 saturated heterocycles. The van der Waals surface area contributed by atoms with E-state index in [4.69, 9.17) is 4.98 Å². The molecule has 0 unspecified atom stereocenters. The number of imidazole rings is 1. The zero-order chi connectivity index (χ0) is 23.9. The number of H-pyrrole nitrogens is 2. The molecule has 0 aliphatic rings. The van der Waals surface area contributed by atoms with Crippen molar-refractivity contribution < 1.29 is 4.39 Å². The molecule has 6 aromatic heterocycles. The van der Waals surface area contributed by atoms with Crippen molar-refractivity contribution in [3.05, 3.63) is 72.8 Å². The van der Waals surface area contributed by atoms with E-state index in [2.05, 4.69) is 35.1 Å². The molecule has 0 amide bonds. The van der Waals surface area contributed by atoms with E-state index in [0.29, 0.717) is 46.0 Å². The second-order valence-electron chi connectivity index (χ2n) is 8.48. The molecule has 2 N–H and O–H groups in total. The monoisotopic (exact) mass is 465 g/mol. The molecule has 0 aliphatic carbocycles. The lowest BCUT2D eigenvalue weighted by molar-refractivity contribution is 0.402. The predicted octanol–water partition coefficient (Wildman–Crippen LogP) is 4.22. The summed E-state index contributed by atoms with van der Waals surface area (Å²) < 4.78 is 15.9. The van der Waals surface area contributed by atoms with Crippen LogP contribution in [-0.4, -0.2) is 59.1 Å². The molecule has 0 aliphatic heterocycles. The van der Waals surface area contributed by atoms with Gasteiger partial charge in [0, 0.05) is 60.4 Å². The first kappa shape index (κ1) is 21.0. The third kappa shape index (κ3) is 3.69. The van der Waals surface area contributed by atoms with Crippen LogP contribution in [0.4, 0.5) is 4.39 Å². The average Bonchev–Trinajstić information content (AvgIpc) is 3.49. The SMILES string of the molecule is CN(C)Cc1cncc(-c2cnc3[nH]nc(-c4nc5c(-c6ccncc6)nccc5[nH]4)c3c2F)c1. The molecule has 0 atom stereocenters. The topological polar surface area (TPSA) is 112 Å². The highest BCUT2D eigenvalue weighted by molar-refractivity contribution is 5.96. The molecule has 0 fully saturated rings. The van der Waals surface area contributed by atoms with Crippen molar-refractivity contribution in [2.45, 2.75) is 6.54 Å². The number of nitrogens with zero attached hydrogens (tertiary/aromatic N) is 7. The fourth-order valence-corrected chi connectivity index (χ4v) is 4.18. The lowest BCUT2D eigenvalue weighted by Gasteiger charge is -2.11. The maximum Gasteiger partial charge on any atom is 0.159 e. The first-order valence-corrected chi connectivity index (χ1v) is 11.0. The first-order valence-electron chi connectivity index (χ1n) is 11.0. The van der Waals surface area contributed by atoms with E-state index in [0.717, 1.165) is 16.6 Å². The Morgan fingerprint density at radius 3 is 2.60 bits per heavy atom. The average molecular weight is 465 g/mol. The summed E-state index contributed by atoms with van der Waals surface area (Å²) in [7, 11) is 3.95. The molecule has 0 saturated carbocycles. The van der Waals surface area contributed by atoms with Crippen LogP contribution in [0, 0.1) is 5.82 Å². The van der Waals surface area contributed by atoms with Crippen molar-refractivity contribution >= 4 is 22.1 Å². The second kappa shape index (κ2) is 8.33. The number of nitrogens with one attached hydrogen (secondary N) is 2. The zero-order valence-corrected chi connectivity index (χ0v) is 19.0. The Balaban J connectivity index is 1.49. The van der Waals surface area contributed by atoms with E-state index in [9.17, 15) is 0 Å². The van der Waals surface area contributed by atoms with Gasteiger partial charge in [-0.2, -0.15) is 5.10 Å². The number of rotatable bonds is 5. The Kier molecular flexibility index (Phi) is 5.00. The molecule has 0 aromatic carbocycles. The van der Waals surface area contributed by atoms with Crippen LogP contribution in [0.3, 0.4) is 0 Å². The summed E-state index contributed by atoms with van der Waals surface area (Å²) in [4.78, 5) is 27.3. The summed E-state index contributed by atoms with van der Waals surface area (Å²) in [6, 6.07) is 7.49. The highest BCUT2D eigenvalue weighted by atomic mass is 19.1. The van der Waals surface area contributed by atoms with E-state index in [1.54, 1.807) is 31.0 Å². The van der Waals surface area contributed by atoms with Crippen LogP contribution in [-0.2, 0) is 6.54 Å². The van der Waals surface area contributed by atoms with Crippen molar-refractivity contribution in [2.75, 3.05) is 14.1 Å². The lowest BCUT2D eigenvalue weighted by Crippen LogP contribution is -2.10. The molecule has 0 radical (unpaired) electrons. The van der Waals surface area contributed by atoms with Crippen molar-refractivity contribution in [2.24, 2.45) is 0 Å². The quantitative estimate of drug-likeness (QED) is 0.392. The zero-order valence-electron chi connectivity index (χ0n) is 19.0. The van der Waals surface area contributed by atoms with Crippen LogP contribution in [0.1, 0.15) is 5.56 Å². The van der Waals surface area contributed by atoms with Gasteiger partial charge in [0.2, 0.25) is 0 Å². The predicted molar refractivity (Wildman–Crippen MR) is 131 cm³/mol. The molecule has 172 valence electrons. The minimum absolute atomic E-state index is 0.262. The highest BCUT2D eigenvalue weighted by Crippen LogP contribution is 2.34. The van der Waals surface area contributed by atoms with Gasteiger partial charge >= 0.3 is 0 Å². The highest BCUT2D eigenvalue weighted by Gasteiger charge is 2.21. The van der Waals surface area contributed by atoms with Crippen molar-refractivity contribution in [3.63, 3.8) is 0 Å². The van der Waals surface area contributed by atoms with Gasteiger partial charge in [-0.05, 0) is 43.9 Å². The standard InChI is InChI=1S/C25H20FN9/c1-35(2)13-14-9-16(11-28-10-14)17-12-30-24-19(20(17)26)23(33-34-24)25-31-18-5-8-29-21(22(18)32-25)15-3-6-27-7-4-15/h3-12H,13H2,1-2H3,(H,31,32)(H,30,33,34). The van der Waals surface area contributed by atoms with Crippen LogP contribution in [0.5, 0.6) is 0 Å². The third-order valence-electron chi connectivity index (χ3n) is 5.71. The maximum atomic E-state index is 15.9. The summed E-state index contributed by atoms with van der Waals surface area (Å²) in [5.74, 6) is -0.0117. The van der Waals surface area contributed by atoms with E-state index in [-0.39, 0.29) is 5.39 Å². The first-order chi connectivity index (χ1) is 17.1. The molecule has 9 nitrogen and oxygen atoms in total. The number of aromatic amines is 2. The van der Waals surface area contributed by atoms with E-state index in [1.807, 2.05) is 43.3 Å². The number of hydrogen-bond acceptors (Lipinski definition) is 7. The fraction of sp³-hybridized carbons (Fsp3) is 0.120. The minimum atomic E-state index is -0.435. The van der Waals surface area contributed by atoms with Gasteiger partial charge in [-0.3, -0.25) is 20.1 Å². The summed E-state index contributed by atoms with van der Waals surface area (Å²) >= 11 is 0. The van der Waals surface area contributed by atoms with Gasteiger partial charge in [0.15, 0.2) is 11.5 Å². The molecule has 0 spiro atoms. The maximum absolute atomic E-state index is 15.9. The smallest absolute Gasteiger partial charge is 0.159 e. The lowest BCUT2D eigenvalue weighted by atomic mass is 10.1. The van der Waals surface area contributed by atoms with Gasteiger partial charge in [0.05, 0.1) is 16.6 Å². The molecule has 10 heteroatoms. The van der Waals surface area contributed by atoms with Crippen molar-refractivity contribution in [1.29, 1.82) is 0 Å². The molecule has 35 heavy (non-hydrogen) atoms. The summed E-state index contributed by atoms with van der Waals surface area (Å²) in [6.07, 6.45) is 10.0. The molecule has 6 aromatic rings. The van der Waals surface area contributed by atoms with Gasteiger partial charge in [-0.1, -0.05) is 0 Å². The summed E-state index contributed by atoms with van der Waals surface area (Å²) in [5.41, 5.74) is 5.69. The second-order valence-corrected chi connectivity index (χ2v) is 8.48. The van der Waals surface area contributed by atoms with Gasteiger partial charge in [-0.25, -0.2) is 14.4 Å². The van der Waals surface area contributed by atoms with Crippen LogP contribution in [0.2, 0.25) is 0 Å². The number of aromatic nitrogens is 8.